The Morgan fingerprint density at radius 2 is 2.32 bits per heavy atom. The number of amides is 1. The summed E-state index contributed by atoms with van der Waals surface area (Å²) >= 11 is 6.80. The fourth-order valence-electron chi connectivity index (χ4n) is 1.86. The van der Waals surface area contributed by atoms with Crippen LogP contribution in [0.4, 0.5) is 0 Å². The van der Waals surface area contributed by atoms with Gasteiger partial charge in [0.05, 0.1) is 5.56 Å². The van der Waals surface area contributed by atoms with Gasteiger partial charge in [0.2, 0.25) is 0 Å². The van der Waals surface area contributed by atoms with E-state index in [0.717, 1.165) is 17.9 Å². The van der Waals surface area contributed by atoms with E-state index < -0.39 is 0 Å². The Balaban J connectivity index is 1.87. The first-order chi connectivity index (χ1) is 9.16. The molecular formula is C13H16N2O2S2. The SMILES string of the molecule is NC(=S)c1ccccc1OCC(=O)NC1CCSC1. The molecule has 0 aliphatic carbocycles. The average molecular weight is 296 g/mol. The first-order valence-electron chi connectivity index (χ1n) is 6.05. The number of carbonyl (C=O) groups excluding carboxylic acids is 1. The smallest absolute Gasteiger partial charge is 0.258 e. The van der Waals surface area contributed by atoms with Crippen molar-refractivity contribution >= 4 is 34.9 Å². The second kappa shape index (κ2) is 6.77. The number of rotatable bonds is 5. The number of thiocarbonyl (C=S) groups is 1. The Hall–Kier alpha value is -1.27. The van der Waals surface area contributed by atoms with Crippen molar-refractivity contribution in [3.8, 4) is 5.75 Å². The zero-order chi connectivity index (χ0) is 13.7. The maximum Gasteiger partial charge on any atom is 0.258 e. The predicted molar refractivity (Wildman–Crippen MR) is 81.7 cm³/mol. The number of nitrogens with one attached hydrogen (secondary N) is 1. The molecule has 1 atom stereocenters. The number of benzene rings is 1. The number of ether oxygens (including phenoxy) is 1. The number of nitrogens with two attached hydrogens (primary N) is 1. The molecular weight excluding hydrogens is 280 g/mol. The van der Waals surface area contributed by atoms with Crippen LogP contribution in [0.1, 0.15) is 12.0 Å². The molecule has 0 saturated carbocycles. The number of para-hydroxylation sites is 1. The van der Waals surface area contributed by atoms with Gasteiger partial charge in [0.25, 0.3) is 5.91 Å². The molecule has 0 spiro atoms. The summed E-state index contributed by atoms with van der Waals surface area (Å²) in [6.45, 7) is -0.0131. The lowest BCUT2D eigenvalue weighted by Gasteiger charge is -2.13. The summed E-state index contributed by atoms with van der Waals surface area (Å²) in [5.41, 5.74) is 6.26. The fourth-order valence-corrected chi connectivity index (χ4v) is 3.18. The van der Waals surface area contributed by atoms with Gasteiger partial charge >= 0.3 is 0 Å². The molecule has 3 N–H and O–H groups in total. The summed E-state index contributed by atoms with van der Waals surface area (Å²) in [5, 5.41) is 2.95. The number of carbonyl (C=O) groups is 1. The Labute approximate surface area is 122 Å². The molecule has 0 aromatic heterocycles. The molecule has 1 aromatic carbocycles. The van der Waals surface area contributed by atoms with E-state index in [-0.39, 0.29) is 23.5 Å². The zero-order valence-corrected chi connectivity index (χ0v) is 12.1. The van der Waals surface area contributed by atoms with E-state index in [2.05, 4.69) is 5.32 Å². The molecule has 102 valence electrons. The summed E-state index contributed by atoms with van der Waals surface area (Å²) in [6.07, 6.45) is 1.03. The van der Waals surface area contributed by atoms with Crippen LogP contribution in [0.15, 0.2) is 24.3 Å². The van der Waals surface area contributed by atoms with Crippen LogP contribution in [0.3, 0.4) is 0 Å². The van der Waals surface area contributed by atoms with E-state index in [0.29, 0.717) is 11.3 Å². The topological polar surface area (TPSA) is 64.3 Å². The third-order valence-corrected chi connectivity index (χ3v) is 4.19. The molecule has 6 heteroatoms. The van der Waals surface area contributed by atoms with Crippen LogP contribution in [0.2, 0.25) is 0 Å². The predicted octanol–water partition coefficient (Wildman–Crippen LogP) is 1.32. The molecule has 1 heterocycles. The van der Waals surface area contributed by atoms with Gasteiger partial charge in [0, 0.05) is 11.8 Å². The van der Waals surface area contributed by atoms with Crippen molar-refractivity contribution in [3.63, 3.8) is 0 Å². The van der Waals surface area contributed by atoms with E-state index in [4.69, 9.17) is 22.7 Å². The van der Waals surface area contributed by atoms with Crippen LogP contribution >= 0.6 is 24.0 Å². The third kappa shape index (κ3) is 4.11. The normalized spacial score (nSPS) is 18.0. The van der Waals surface area contributed by atoms with Crippen LogP contribution in [0.5, 0.6) is 5.75 Å². The van der Waals surface area contributed by atoms with Gasteiger partial charge in [-0.25, -0.2) is 0 Å². The zero-order valence-electron chi connectivity index (χ0n) is 10.4. The highest BCUT2D eigenvalue weighted by Gasteiger charge is 2.18. The second-order valence-corrected chi connectivity index (χ2v) is 5.87. The van der Waals surface area contributed by atoms with Gasteiger partial charge in [-0.2, -0.15) is 11.8 Å². The molecule has 4 nitrogen and oxygen atoms in total. The first-order valence-corrected chi connectivity index (χ1v) is 7.62. The van der Waals surface area contributed by atoms with Crippen molar-refractivity contribution in [1.29, 1.82) is 0 Å². The average Bonchev–Trinajstić information content (AvgIpc) is 2.89. The third-order valence-electron chi connectivity index (χ3n) is 2.81. The molecule has 0 radical (unpaired) electrons. The van der Waals surface area contributed by atoms with Crippen LogP contribution in [-0.4, -0.2) is 35.1 Å². The van der Waals surface area contributed by atoms with Crippen molar-refractivity contribution in [2.45, 2.75) is 12.5 Å². The quantitative estimate of drug-likeness (QED) is 0.802. The van der Waals surface area contributed by atoms with Crippen molar-refractivity contribution in [1.82, 2.24) is 5.32 Å². The van der Waals surface area contributed by atoms with Crippen LogP contribution in [-0.2, 0) is 4.79 Å². The minimum atomic E-state index is -0.106. The second-order valence-electron chi connectivity index (χ2n) is 4.28. The molecule has 1 unspecified atom stereocenters. The summed E-state index contributed by atoms with van der Waals surface area (Å²) < 4.78 is 5.48. The van der Waals surface area contributed by atoms with E-state index in [1.165, 1.54) is 0 Å². The lowest BCUT2D eigenvalue weighted by molar-refractivity contribution is -0.123. The molecule has 0 bridgehead atoms. The Morgan fingerprint density at radius 1 is 1.53 bits per heavy atom. The van der Waals surface area contributed by atoms with Crippen LogP contribution in [0.25, 0.3) is 0 Å². The standard InChI is InChI=1S/C13H16N2O2S2/c14-13(18)10-3-1-2-4-11(10)17-7-12(16)15-9-5-6-19-8-9/h1-4,9H,5-8H2,(H2,14,18)(H,15,16). The van der Waals surface area contributed by atoms with E-state index in [1.54, 1.807) is 12.1 Å². The lowest BCUT2D eigenvalue weighted by Crippen LogP contribution is -2.37. The van der Waals surface area contributed by atoms with E-state index >= 15 is 0 Å². The molecule has 1 amide bonds. The van der Waals surface area contributed by atoms with Gasteiger partial charge in [0.15, 0.2) is 6.61 Å². The van der Waals surface area contributed by atoms with Crippen LogP contribution < -0.4 is 15.8 Å². The van der Waals surface area contributed by atoms with Crippen molar-refractivity contribution < 1.29 is 9.53 Å². The first kappa shape index (κ1) is 14.1. The Bertz CT molecular complexity index is 473. The van der Waals surface area contributed by atoms with E-state index in [9.17, 15) is 4.79 Å². The van der Waals surface area contributed by atoms with E-state index in [1.807, 2.05) is 23.9 Å². The van der Waals surface area contributed by atoms with Gasteiger partial charge in [-0.05, 0) is 24.3 Å². The highest BCUT2D eigenvalue weighted by atomic mass is 32.2. The Morgan fingerprint density at radius 3 is 3.00 bits per heavy atom. The largest absolute Gasteiger partial charge is 0.483 e. The van der Waals surface area contributed by atoms with Gasteiger partial charge in [0.1, 0.15) is 10.7 Å². The molecule has 2 rings (SSSR count). The molecule has 1 fully saturated rings. The molecule has 1 aliphatic rings. The van der Waals surface area contributed by atoms with Gasteiger partial charge < -0.3 is 15.8 Å². The number of hydrogen-bond acceptors (Lipinski definition) is 4. The van der Waals surface area contributed by atoms with Gasteiger partial charge in [-0.15, -0.1) is 0 Å². The number of hydrogen-bond donors (Lipinski definition) is 2. The molecule has 1 aliphatic heterocycles. The van der Waals surface area contributed by atoms with Gasteiger partial charge in [-0.3, -0.25) is 4.79 Å². The van der Waals surface area contributed by atoms with Crippen molar-refractivity contribution in [2.24, 2.45) is 5.73 Å². The summed E-state index contributed by atoms with van der Waals surface area (Å²) in [4.78, 5) is 12.0. The number of thioether (sulfide) groups is 1. The molecule has 1 saturated heterocycles. The lowest BCUT2D eigenvalue weighted by atomic mass is 10.2. The molecule has 19 heavy (non-hydrogen) atoms. The van der Waals surface area contributed by atoms with Crippen molar-refractivity contribution in [3.05, 3.63) is 29.8 Å². The highest BCUT2D eigenvalue weighted by molar-refractivity contribution is 7.99. The Kier molecular flexibility index (Phi) is 5.04. The summed E-state index contributed by atoms with van der Waals surface area (Å²) in [5.74, 6) is 2.53. The molecule has 1 aromatic rings. The monoisotopic (exact) mass is 296 g/mol. The maximum absolute atomic E-state index is 11.7. The fraction of sp³-hybridized carbons (Fsp3) is 0.385. The highest BCUT2D eigenvalue weighted by Crippen LogP contribution is 2.18. The minimum Gasteiger partial charge on any atom is -0.483 e. The summed E-state index contributed by atoms with van der Waals surface area (Å²) in [7, 11) is 0. The summed E-state index contributed by atoms with van der Waals surface area (Å²) in [6, 6.07) is 7.46. The van der Waals surface area contributed by atoms with Crippen molar-refractivity contribution in [2.75, 3.05) is 18.1 Å². The van der Waals surface area contributed by atoms with Gasteiger partial charge in [-0.1, -0.05) is 24.4 Å². The van der Waals surface area contributed by atoms with Crippen LogP contribution in [0, 0.1) is 0 Å². The maximum atomic E-state index is 11.7. The minimum absolute atomic E-state index is 0.0131.